The number of nitrogens with zero attached hydrogens (tertiary/aromatic N) is 5. The van der Waals surface area contributed by atoms with E-state index in [-0.39, 0.29) is 30.7 Å². The molecule has 5 rings (SSSR count). The Kier molecular flexibility index (Phi) is 7.13. The number of hydrogen-bond acceptors (Lipinski definition) is 7. The lowest BCUT2D eigenvalue weighted by atomic mass is 9.76. The van der Waals surface area contributed by atoms with Gasteiger partial charge < -0.3 is 25.8 Å². The number of anilines is 2. The van der Waals surface area contributed by atoms with Crippen molar-refractivity contribution in [3.8, 4) is 0 Å². The summed E-state index contributed by atoms with van der Waals surface area (Å²) >= 11 is 0. The topological polar surface area (TPSA) is 108 Å². The van der Waals surface area contributed by atoms with E-state index in [1.165, 1.54) is 11.0 Å². The van der Waals surface area contributed by atoms with Gasteiger partial charge in [-0.3, -0.25) is 9.59 Å². The van der Waals surface area contributed by atoms with E-state index in [0.29, 0.717) is 60.9 Å². The Morgan fingerprint density at radius 3 is 2.65 bits per heavy atom. The number of nitrogen functional groups attached to an aromatic ring is 1. The molecule has 4 heterocycles. The summed E-state index contributed by atoms with van der Waals surface area (Å²) in [6.45, 7) is 4.26. The second kappa shape index (κ2) is 10.2. The molecule has 0 aliphatic carbocycles. The number of hydrogen-bond donors (Lipinski definition) is 2. The van der Waals surface area contributed by atoms with Crippen molar-refractivity contribution >= 4 is 23.3 Å². The van der Waals surface area contributed by atoms with Gasteiger partial charge in [0.15, 0.2) is 6.67 Å². The van der Waals surface area contributed by atoms with Crippen LogP contribution in [0.3, 0.4) is 0 Å². The highest BCUT2D eigenvalue weighted by molar-refractivity contribution is 5.91. The molecular weight excluding hydrogens is 530 g/mol. The molecule has 1 unspecified atom stereocenters. The number of aryl methyl sites for hydroxylation is 1. The molecule has 216 valence electrons. The molecule has 0 radical (unpaired) electrons. The minimum Gasteiger partial charge on any atom is -0.399 e. The standard InChI is InChI=1S/C27H33F4N7O2/c1-15(17-8-18(27(29,30)31)10-19(32)9-17)33-24-21-13-38(20-4-6-37(12-20)22(39)11-28)25(40)26(5-7-36(3)14-26)23(21)34-16(2)35-24/h8-10,15,20H,4-7,11-14,32H2,1-3H3,(H,33,34,35)/t15-,20-,26?/m1/s1. The summed E-state index contributed by atoms with van der Waals surface area (Å²) in [4.78, 5) is 40.8. The molecular formula is C27H33F4N7O2. The summed E-state index contributed by atoms with van der Waals surface area (Å²) < 4.78 is 53.4. The maximum atomic E-state index is 14.1. The molecule has 2 saturated heterocycles. The van der Waals surface area contributed by atoms with Gasteiger partial charge in [0, 0.05) is 30.9 Å². The Balaban J connectivity index is 1.54. The smallest absolute Gasteiger partial charge is 0.399 e. The fourth-order valence-corrected chi connectivity index (χ4v) is 6.23. The van der Waals surface area contributed by atoms with Crippen LogP contribution in [-0.4, -0.2) is 82.4 Å². The highest BCUT2D eigenvalue weighted by Crippen LogP contribution is 2.44. The highest BCUT2D eigenvalue weighted by atomic mass is 19.4. The zero-order chi connectivity index (χ0) is 29.0. The van der Waals surface area contributed by atoms with Gasteiger partial charge in [-0.1, -0.05) is 0 Å². The molecule has 40 heavy (non-hydrogen) atoms. The number of rotatable bonds is 5. The van der Waals surface area contributed by atoms with E-state index in [2.05, 4.69) is 15.2 Å². The Morgan fingerprint density at radius 2 is 2.00 bits per heavy atom. The Hall–Kier alpha value is -3.48. The number of likely N-dealkylation sites (tertiary alicyclic amines) is 2. The van der Waals surface area contributed by atoms with Crippen LogP contribution in [0.4, 0.5) is 29.1 Å². The first-order chi connectivity index (χ1) is 18.8. The molecule has 1 spiro atoms. The molecule has 2 aromatic rings. The van der Waals surface area contributed by atoms with Crippen LogP contribution in [0.5, 0.6) is 0 Å². The van der Waals surface area contributed by atoms with Crippen LogP contribution in [0.15, 0.2) is 18.2 Å². The van der Waals surface area contributed by atoms with Crippen LogP contribution >= 0.6 is 0 Å². The molecule has 3 aliphatic heterocycles. The number of nitrogens with one attached hydrogen (secondary N) is 1. The van der Waals surface area contributed by atoms with Crippen molar-refractivity contribution in [1.29, 1.82) is 0 Å². The van der Waals surface area contributed by atoms with Crippen molar-refractivity contribution < 1.29 is 27.2 Å². The van der Waals surface area contributed by atoms with Crippen LogP contribution in [0, 0.1) is 6.92 Å². The summed E-state index contributed by atoms with van der Waals surface area (Å²) in [5.74, 6) is 0.199. The van der Waals surface area contributed by atoms with Gasteiger partial charge in [0.2, 0.25) is 5.91 Å². The molecule has 9 nitrogen and oxygen atoms in total. The number of benzene rings is 1. The number of halogens is 4. The lowest BCUT2D eigenvalue weighted by Crippen LogP contribution is -2.56. The van der Waals surface area contributed by atoms with Crippen molar-refractivity contribution in [2.75, 3.05) is 51.0 Å². The second-order valence-electron chi connectivity index (χ2n) is 11.1. The monoisotopic (exact) mass is 563 g/mol. The number of amides is 2. The third kappa shape index (κ3) is 4.95. The van der Waals surface area contributed by atoms with Gasteiger partial charge in [-0.25, -0.2) is 14.4 Å². The first-order valence-corrected chi connectivity index (χ1v) is 13.3. The van der Waals surface area contributed by atoms with Crippen LogP contribution in [0.2, 0.25) is 0 Å². The van der Waals surface area contributed by atoms with E-state index in [9.17, 15) is 27.2 Å². The Labute approximate surface area is 229 Å². The third-order valence-electron chi connectivity index (χ3n) is 8.26. The van der Waals surface area contributed by atoms with Crippen molar-refractivity contribution in [2.45, 2.75) is 56.9 Å². The van der Waals surface area contributed by atoms with Gasteiger partial charge in [0.05, 0.1) is 29.9 Å². The molecule has 3 N–H and O–H groups in total. The molecule has 3 atom stereocenters. The zero-order valence-electron chi connectivity index (χ0n) is 22.7. The van der Waals surface area contributed by atoms with E-state index in [1.54, 1.807) is 18.7 Å². The molecule has 3 aliphatic rings. The van der Waals surface area contributed by atoms with E-state index in [4.69, 9.17) is 10.7 Å². The molecule has 1 aromatic heterocycles. The third-order valence-corrected chi connectivity index (χ3v) is 8.26. The van der Waals surface area contributed by atoms with Gasteiger partial charge >= 0.3 is 6.18 Å². The first kappa shape index (κ1) is 28.1. The van der Waals surface area contributed by atoms with E-state index >= 15 is 0 Å². The normalized spacial score (nSPS) is 24.1. The van der Waals surface area contributed by atoms with Gasteiger partial charge in [-0.05, 0) is 64.0 Å². The number of likely N-dealkylation sites (N-methyl/N-ethyl adjacent to an activating group) is 1. The highest BCUT2D eigenvalue weighted by Gasteiger charge is 2.54. The summed E-state index contributed by atoms with van der Waals surface area (Å²) in [6, 6.07) is 2.56. The molecule has 0 saturated carbocycles. The number of alkyl halides is 4. The van der Waals surface area contributed by atoms with Crippen LogP contribution in [0.1, 0.15) is 54.0 Å². The second-order valence-corrected chi connectivity index (χ2v) is 11.1. The van der Waals surface area contributed by atoms with E-state index in [0.717, 1.165) is 12.1 Å². The number of nitrogens with two attached hydrogens (primary N) is 1. The molecule has 1 aromatic carbocycles. The van der Waals surface area contributed by atoms with Gasteiger partial charge in [0.1, 0.15) is 17.1 Å². The lowest BCUT2D eigenvalue weighted by molar-refractivity contribution is -0.142. The van der Waals surface area contributed by atoms with Crippen molar-refractivity contribution in [1.82, 2.24) is 24.7 Å². The van der Waals surface area contributed by atoms with Gasteiger partial charge in [-0.2, -0.15) is 13.2 Å². The maximum absolute atomic E-state index is 14.1. The zero-order valence-corrected chi connectivity index (χ0v) is 22.7. The minimum absolute atomic E-state index is 0.00213. The van der Waals surface area contributed by atoms with Crippen molar-refractivity contribution in [3.63, 3.8) is 0 Å². The fraction of sp³-hybridized carbons (Fsp3) is 0.556. The lowest BCUT2D eigenvalue weighted by Gasteiger charge is -2.43. The predicted molar refractivity (Wildman–Crippen MR) is 140 cm³/mol. The van der Waals surface area contributed by atoms with E-state index < -0.39 is 35.8 Å². The Bertz CT molecular complexity index is 1340. The van der Waals surface area contributed by atoms with E-state index in [1.807, 2.05) is 7.05 Å². The molecule has 2 fully saturated rings. The summed E-state index contributed by atoms with van der Waals surface area (Å²) in [6.07, 6.45) is -3.48. The largest absolute Gasteiger partial charge is 0.416 e. The summed E-state index contributed by atoms with van der Waals surface area (Å²) in [7, 11) is 1.94. The molecule has 13 heteroatoms. The maximum Gasteiger partial charge on any atom is 0.416 e. The number of aromatic nitrogens is 2. The fourth-order valence-electron chi connectivity index (χ4n) is 6.23. The molecule has 0 bridgehead atoms. The van der Waals surface area contributed by atoms with Crippen LogP contribution in [-0.2, 0) is 27.7 Å². The van der Waals surface area contributed by atoms with Crippen molar-refractivity contribution in [3.05, 3.63) is 46.4 Å². The van der Waals surface area contributed by atoms with Gasteiger partial charge in [0.25, 0.3) is 5.91 Å². The predicted octanol–water partition coefficient (Wildman–Crippen LogP) is 3.05. The minimum atomic E-state index is -4.55. The Morgan fingerprint density at radius 1 is 1.25 bits per heavy atom. The van der Waals surface area contributed by atoms with Gasteiger partial charge in [-0.15, -0.1) is 0 Å². The summed E-state index contributed by atoms with van der Waals surface area (Å²) in [5.41, 5.74) is 5.70. The first-order valence-electron chi connectivity index (χ1n) is 13.3. The number of carbonyl (C=O) groups excluding carboxylic acids is 2. The van der Waals surface area contributed by atoms with Crippen LogP contribution < -0.4 is 11.1 Å². The van der Waals surface area contributed by atoms with Crippen molar-refractivity contribution in [2.24, 2.45) is 0 Å². The number of fused-ring (bicyclic) bond motifs is 2. The summed E-state index contributed by atoms with van der Waals surface area (Å²) in [5, 5.41) is 3.27. The SMILES string of the molecule is Cc1nc(N[C@H](C)c2cc(N)cc(C(F)(F)F)c2)c2c(n1)C1(CCN(C)C1)C(=O)N([C@@H]1CCN(C(=O)CF)C1)C2. The average molecular weight is 564 g/mol. The van der Waals surface area contributed by atoms with Crippen LogP contribution in [0.25, 0.3) is 0 Å². The number of carbonyl (C=O) groups is 2. The molecule has 2 amide bonds. The quantitative estimate of drug-likeness (QED) is 0.425. The average Bonchev–Trinajstić information content (AvgIpc) is 3.53.